The van der Waals surface area contributed by atoms with Gasteiger partial charge in [-0.25, -0.2) is 4.79 Å². The minimum Gasteiger partial charge on any atom is -0.492 e. The summed E-state index contributed by atoms with van der Waals surface area (Å²) < 4.78 is 16.6. The van der Waals surface area contributed by atoms with Crippen molar-refractivity contribution in [2.75, 3.05) is 39.5 Å². The van der Waals surface area contributed by atoms with Crippen molar-refractivity contribution in [3.05, 3.63) is 64.7 Å². The number of likely N-dealkylation sites (tertiary alicyclic amines) is 1. The molecule has 34 heavy (non-hydrogen) atoms. The molecule has 2 unspecified atom stereocenters. The summed E-state index contributed by atoms with van der Waals surface area (Å²) in [5.41, 5.74) is 2.34. The third-order valence-electron chi connectivity index (χ3n) is 6.60. The molecule has 0 bridgehead atoms. The number of fused-ring (bicyclic) bond motifs is 1. The second kappa shape index (κ2) is 12.0. The topological polar surface area (TPSA) is 60.0 Å². The molecule has 0 amide bonds. The summed E-state index contributed by atoms with van der Waals surface area (Å²) >= 11 is 5.98. The van der Waals surface area contributed by atoms with Crippen LogP contribution in [0.2, 0.25) is 5.02 Å². The summed E-state index contributed by atoms with van der Waals surface area (Å²) in [6.07, 6.45) is -0.0744. The smallest absolute Gasteiger partial charge is 0.335 e. The van der Waals surface area contributed by atoms with Gasteiger partial charge in [0.1, 0.15) is 12.4 Å². The molecule has 2 aromatic carbocycles. The Morgan fingerprint density at radius 1 is 1.03 bits per heavy atom. The molecule has 1 saturated carbocycles. The number of nitrogens with one attached hydrogen (secondary N) is 1. The first-order valence-electron chi connectivity index (χ1n) is 12.3. The third-order valence-corrected chi connectivity index (χ3v) is 6.85. The lowest BCUT2D eigenvalue weighted by Gasteiger charge is -2.20. The largest absolute Gasteiger partial charge is 0.492 e. The van der Waals surface area contributed by atoms with Gasteiger partial charge in [-0.3, -0.25) is 4.90 Å². The molecule has 4 rings (SSSR count). The Kier molecular flexibility index (Phi) is 8.84. The fourth-order valence-electron chi connectivity index (χ4n) is 4.87. The first kappa shape index (κ1) is 25.0. The van der Waals surface area contributed by atoms with Crippen LogP contribution in [-0.4, -0.2) is 62.5 Å². The SMILES string of the molecule is CCOC(=O)[C@H](Cc1ccc(OCCNC2C3CN(Cc4ccc(Cl)cc4)C[C@@H]32)cc1)OCC. The van der Waals surface area contributed by atoms with E-state index in [-0.39, 0.29) is 5.97 Å². The molecule has 184 valence electrons. The number of halogens is 1. The van der Waals surface area contributed by atoms with Crippen LogP contribution in [0.15, 0.2) is 48.5 Å². The van der Waals surface area contributed by atoms with Gasteiger partial charge >= 0.3 is 5.97 Å². The maximum atomic E-state index is 12.0. The number of ether oxygens (including phenoxy) is 3. The van der Waals surface area contributed by atoms with Crippen LogP contribution >= 0.6 is 11.6 Å². The van der Waals surface area contributed by atoms with Crippen molar-refractivity contribution in [1.82, 2.24) is 10.2 Å². The number of rotatable bonds is 13. The van der Waals surface area contributed by atoms with Crippen molar-refractivity contribution >= 4 is 17.6 Å². The van der Waals surface area contributed by atoms with Crippen molar-refractivity contribution in [3.8, 4) is 5.75 Å². The van der Waals surface area contributed by atoms with Gasteiger partial charge in [0.05, 0.1) is 6.61 Å². The standard InChI is InChI=1S/C27H35ClN2O4/c1-3-32-25(27(31)33-4-2)15-19-7-11-22(12-8-19)34-14-13-29-26-23-17-30(18-24(23)26)16-20-5-9-21(28)10-6-20/h5-12,23-26,29H,3-4,13-18H2,1-2H3/t23-,24?,25-,26?/m0/s1. The normalized spacial score (nSPS) is 22.3. The highest BCUT2D eigenvalue weighted by Crippen LogP contribution is 2.45. The second-order valence-electron chi connectivity index (χ2n) is 9.02. The predicted molar refractivity (Wildman–Crippen MR) is 133 cm³/mol. The Morgan fingerprint density at radius 2 is 1.71 bits per heavy atom. The fourth-order valence-corrected chi connectivity index (χ4v) is 5.00. The molecular weight excluding hydrogens is 452 g/mol. The first-order valence-corrected chi connectivity index (χ1v) is 12.6. The molecule has 1 aliphatic heterocycles. The average Bonchev–Trinajstić information content (AvgIpc) is 3.28. The number of hydrogen-bond donors (Lipinski definition) is 1. The fraction of sp³-hybridized carbons (Fsp3) is 0.519. The van der Waals surface area contributed by atoms with E-state index in [0.29, 0.717) is 32.3 Å². The average molecular weight is 487 g/mol. The van der Waals surface area contributed by atoms with Gasteiger partial charge in [-0.2, -0.15) is 0 Å². The zero-order chi connectivity index (χ0) is 23.9. The lowest BCUT2D eigenvalue weighted by atomic mass is 10.1. The Morgan fingerprint density at radius 3 is 2.35 bits per heavy atom. The maximum absolute atomic E-state index is 12.0. The van der Waals surface area contributed by atoms with Gasteiger partial charge in [0, 0.05) is 50.3 Å². The Labute approximate surface area is 207 Å². The summed E-state index contributed by atoms with van der Waals surface area (Å²) in [6.45, 7) is 9.29. The van der Waals surface area contributed by atoms with E-state index >= 15 is 0 Å². The van der Waals surface area contributed by atoms with Crippen molar-refractivity contribution in [2.45, 2.75) is 39.0 Å². The van der Waals surface area contributed by atoms with Crippen molar-refractivity contribution in [3.63, 3.8) is 0 Å². The zero-order valence-corrected chi connectivity index (χ0v) is 20.8. The van der Waals surface area contributed by atoms with Gasteiger partial charge in [0.25, 0.3) is 0 Å². The van der Waals surface area contributed by atoms with Crippen molar-refractivity contribution in [1.29, 1.82) is 0 Å². The molecule has 2 fully saturated rings. The van der Waals surface area contributed by atoms with E-state index in [2.05, 4.69) is 22.3 Å². The highest BCUT2D eigenvalue weighted by molar-refractivity contribution is 6.30. The van der Waals surface area contributed by atoms with Crippen LogP contribution in [0.4, 0.5) is 0 Å². The minimum absolute atomic E-state index is 0.311. The second-order valence-corrected chi connectivity index (χ2v) is 9.46. The van der Waals surface area contributed by atoms with Crippen LogP contribution in [0.1, 0.15) is 25.0 Å². The van der Waals surface area contributed by atoms with E-state index in [9.17, 15) is 4.79 Å². The lowest BCUT2D eigenvalue weighted by Crippen LogP contribution is -2.33. The Balaban J connectivity index is 1.12. The van der Waals surface area contributed by atoms with Crippen molar-refractivity contribution in [2.24, 2.45) is 11.8 Å². The molecule has 1 saturated heterocycles. The highest BCUT2D eigenvalue weighted by atomic mass is 35.5. The van der Waals surface area contributed by atoms with E-state index in [0.717, 1.165) is 54.4 Å². The molecule has 1 aliphatic carbocycles. The van der Waals surface area contributed by atoms with Crippen LogP contribution in [0.3, 0.4) is 0 Å². The van der Waals surface area contributed by atoms with E-state index < -0.39 is 6.10 Å². The zero-order valence-electron chi connectivity index (χ0n) is 20.0. The summed E-state index contributed by atoms with van der Waals surface area (Å²) in [6, 6.07) is 16.6. The molecule has 2 aromatic rings. The van der Waals surface area contributed by atoms with Gasteiger partial charge in [-0.1, -0.05) is 35.9 Å². The number of esters is 1. The molecule has 0 aromatic heterocycles. The Hall–Kier alpha value is -2.12. The number of benzene rings is 2. The molecule has 7 heteroatoms. The molecule has 0 radical (unpaired) electrons. The Bertz CT molecular complexity index is 909. The number of piperidine rings is 1. The van der Waals surface area contributed by atoms with Gasteiger partial charge in [-0.15, -0.1) is 0 Å². The summed E-state index contributed by atoms with van der Waals surface area (Å²) in [4.78, 5) is 14.6. The van der Waals surface area contributed by atoms with Gasteiger partial charge in [-0.05, 0) is 61.1 Å². The predicted octanol–water partition coefficient (Wildman–Crippen LogP) is 3.95. The molecule has 0 spiro atoms. The monoisotopic (exact) mass is 486 g/mol. The molecule has 4 atom stereocenters. The number of nitrogens with zero attached hydrogens (tertiary/aromatic N) is 1. The molecule has 1 N–H and O–H groups in total. The summed E-state index contributed by atoms with van der Waals surface area (Å²) in [5, 5.41) is 4.45. The number of hydrogen-bond acceptors (Lipinski definition) is 6. The highest BCUT2D eigenvalue weighted by Gasteiger charge is 2.55. The summed E-state index contributed by atoms with van der Waals surface area (Å²) in [5.74, 6) is 2.03. The molecule has 2 aliphatic rings. The number of carbonyl (C=O) groups is 1. The first-order chi connectivity index (χ1) is 16.6. The number of carbonyl (C=O) groups excluding carboxylic acids is 1. The van der Waals surface area contributed by atoms with E-state index in [4.69, 9.17) is 25.8 Å². The van der Waals surface area contributed by atoms with E-state index in [1.54, 1.807) is 6.92 Å². The van der Waals surface area contributed by atoms with Gasteiger partial charge < -0.3 is 19.5 Å². The molecule has 1 heterocycles. The lowest BCUT2D eigenvalue weighted by molar-refractivity contribution is -0.156. The van der Waals surface area contributed by atoms with Crippen LogP contribution in [0.25, 0.3) is 0 Å². The maximum Gasteiger partial charge on any atom is 0.335 e. The van der Waals surface area contributed by atoms with E-state index in [1.165, 1.54) is 5.56 Å². The van der Waals surface area contributed by atoms with E-state index in [1.807, 2.05) is 43.3 Å². The molecule has 6 nitrogen and oxygen atoms in total. The van der Waals surface area contributed by atoms with Crippen LogP contribution in [-0.2, 0) is 27.2 Å². The van der Waals surface area contributed by atoms with Crippen molar-refractivity contribution < 1.29 is 19.0 Å². The van der Waals surface area contributed by atoms with Gasteiger partial charge in [0.15, 0.2) is 6.10 Å². The van der Waals surface area contributed by atoms with Crippen LogP contribution in [0, 0.1) is 11.8 Å². The minimum atomic E-state index is -0.568. The quantitative estimate of drug-likeness (QED) is 0.342. The molecular formula is C27H35ClN2O4. The third kappa shape index (κ3) is 6.72. The summed E-state index contributed by atoms with van der Waals surface area (Å²) in [7, 11) is 0. The van der Waals surface area contributed by atoms with Gasteiger partial charge in [0.2, 0.25) is 0 Å². The van der Waals surface area contributed by atoms with Crippen LogP contribution < -0.4 is 10.1 Å². The van der Waals surface area contributed by atoms with Crippen LogP contribution in [0.5, 0.6) is 5.75 Å².